The van der Waals surface area contributed by atoms with Gasteiger partial charge >= 0.3 is 5.97 Å². The zero-order chi connectivity index (χ0) is 7.82. The smallest absolute Gasteiger partial charge is 0.330 e. The fourth-order valence-electron chi connectivity index (χ4n) is 0.362. The zero-order valence-corrected chi connectivity index (χ0v) is 6.95. The van der Waals surface area contributed by atoms with Crippen molar-refractivity contribution in [3.05, 3.63) is 12.7 Å². The van der Waals surface area contributed by atoms with Crippen molar-refractivity contribution in [2.45, 2.75) is 13.3 Å². The third kappa shape index (κ3) is 5.69. The summed E-state index contributed by atoms with van der Waals surface area (Å²) in [6.07, 6.45) is 2.28. The molecule has 0 aromatic heterocycles. The number of carbonyl (C=O) groups excluding carboxylic acids is 1. The second-order valence-corrected chi connectivity index (χ2v) is 2.75. The standard InChI is InChI=1S/C7H12O2S/c1-3-5-10-6-9-7(8)4-2/h4H,2-3,5-6H2,1H3. The van der Waals surface area contributed by atoms with E-state index >= 15 is 0 Å². The molecule has 0 atom stereocenters. The number of carbonyl (C=O) groups is 1. The van der Waals surface area contributed by atoms with Crippen molar-refractivity contribution in [3.8, 4) is 0 Å². The van der Waals surface area contributed by atoms with Gasteiger partial charge in [0.15, 0.2) is 0 Å². The van der Waals surface area contributed by atoms with Gasteiger partial charge in [-0.15, -0.1) is 11.8 Å². The summed E-state index contributed by atoms with van der Waals surface area (Å²) in [6, 6.07) is 0. The molecule has 0 saturated heterocycles. The molecule has 0 aliphatic rings. The number of rotatable bonds is 5. The van der Waals surface area contributed by atoms with Crippen molar-refractivity contribution < 1.29 is 9.53 Å². The summed E-state index contributed by atoms with van der Waals surface area (Å²) >= 11 is 1.61. The van der Waals surface area contributed by atoms with Crippen LogP contribution in [0, 0.1) is 0 Å². The van der Waals surface area contributed by atoms with E-state index in [2.05, 4.69) is 13.5 Å². The first-order chi connectivity index (χ1) is 4.81. The molecule has 0 aliphatic carbocycles. The minimum absolute atomic E-state index is 0.344. The quantitative estimate of drug-likeness (QED) is 0.265. The van der Waals surface area contributed by atoms with Crippen LogP contribution in [0.15, 0.2) is 12.7 Å². The Labute approximate surface area is 65.6 Å². The van der Waals surface area contributed by atoms with Gasteiger partial charge in [0, 0.05) is 6.08 Å². The van der Waals surface area contributed by atoms with Crippen LogP contribution >= 0.6 is 11.8 Å². The molecular formula is C7H12O2S. The summed E-state index contributed by atoms with van der Waals surface area (Å²) in [7, 11) is 0. The van der Waals surface area contributed by atoms with E-state index in [1.54, 1.807) is 11.8 Å². The maximum Gasteiger partial charge on any atom is 0.330 e. The molecule has 0 spiro atoms. The van der Waals surface area contributed by atoms with Crippen LogP contribution in [0.3, 0.4) is 0 Å². The number of ether oxygens (including phenoxy) is 1. The summed E-state index contributed by atoms with van der Waals surface area (Å²) in [5.41, 5.74) is 0. The number of esters is 1. The highest BCUT2D eigenvalue weighted by atomic mass is 32.2. The van der Waals surface area contributed by atoms with Crippen molar-refractivity contribution >= 4 is 17.7 Å². The molecule has 0 rings (SSSR count). The van der Waals surface area contributed by atoms with Gasteiger partial charge in [0.1, 0.15) is 5.94 Å². The van der Waals surface area contributed by atoms with E-state index in [9.17, 15) is 4.79 Å². The van der Waals surface area contributed by atoms with E-state index in [0.717, 1.165) is 12.2 Å². The normalized spacial score (nSPS) is 8.90. The molecular weight excluding hydrogens is 148 g/mol. The average molecular weight is 160 g/mol. The van der Waals surface area contributed by atoms with Crippen LogP contribution in [0.1, 0.15) is 13.3 Å². The van der Waals surface area contributed by atoms with Crippen molar-refractivity contribution in [1.82, 2.24) is 0 Å². The molecule has 0 aliphatic heterocycles. The van der Waals surface area contributed by atoms with Gasteiger partial charge in [-0.05, 0) is 12.2 Å². The highest BCUT2D eigenvalue weighted by molar-refractivity contribution is 7.99. The average Bonchev–Trinajstić information content (AvgIpc) is 1.98. The Bertz CT molecular complexity index is 112. The van der Waals surface area contributed by atoms with Crippen LogP contribution in [0.5, 0.6) is 0 Å². The van der Waals surface area contributed by atoms with Crippen LogP contribution in [0.25, 0.3) is 0 Å². The van der Waals surface area contributed by atoms with Crippen molar-refractivity contribution in [2.24, 2.45) is 0 Å². The Morgan fingerprint density at radius 3 is 3.00 bits per heavy atom. The highest BCUT2D eigenvalue weighted by Crippen LogP contribution is 2.01. The molecule has 0 aromatic carbocycles. The fraction of sp³-hybridized carbons (Fsp3) is 0.571. The molecule has 0 saturated carbocycles. The molecule has 0 unspecified atom stereocenters. The van der Waals surface area contributed by atoms with E-state index in [4.69, 9.17) is 4.74 Å². The molecule has 0 N–H and O–H groups in total. The van der Waals surface area contributed by atoms with E-state index in [1.165, 1.54) is 6.08 Å². The minimum atomic E-state index is -0.344. The Balaban J connectivity index is 3.03. The van der Waals surface area contributed by atoms with E-state index in [0.29, 0.717) is 5.94 Å². The second kappa shape index (κ2) is 6.68. The lowest BCUT2D eigenvalue weighted by Crippen LogP contribution is -1.98. The SMILES string of the molecule is C=CC(=O)OCSCCC. The van der Waals surface area contributed by atoms with Gasteiger partial charge in [0.2, 0.25) is 0 Å². The largest absolute Gasteiger partial charge is 0.451 e. The molecule has 2 nitrogen and oxygen atoms in total. The first-order valence-electron chi connectivity index (χ1n) is 3.18. The van der Waals surface area contributed by atoms with Gasteiger partial charge in [0.05, 0.1) is 0 Å². The molecule has 0 radical (unpaired) electrons. The third-order valence-corrected chi connectivity index (χ3v) is 1.78. The molecule has 0 bridgehead atoms. The molecule has 0 aromatic rings. The molecule has 58 valence electrons. The van der Waals surface area contributed by atoms with Crippen LogP contribution in [-0.4, -0.2) is 17.7 Å². The van der Waals surface area contributed by atoms with Gasteiger partial charge in [-0.25, -0.2) is 4.79 Å². The van der Waals surface area contributed by atoms with Gasteiger partial charge in [-0.3, -0.25) is 0 Å². The molecule has 0 amide bonds. The summed E-state index contributed by atoms with van der Waals surface area (Å²) in [6.45, 7) is 5.36. The number of hydrogen-bond donors (Lipinski definition) is 0. The van der Waals surface area contributed by atoms with Crippen LogP contribution in [-0.2, 0) is 9.53 Å². The van der Waals surface area contributed by atoms with Crippen LogP contribution < -0.4 is 0 Å². The van der Waals surface area contributed by atoms with Gasteiger partial charge in [-0.1, -0.05) is 13.5 Å². The van der Waals surface area contributed by atoms with Crippen molar-refractivity contribution in [1.29, 1.82) is 0 Å². The molecule has 0 heterocycles. The Morgan fingerprint density at radius 1 is 1.80 bits per heavy atom. The van der Waals surface area contributed by atoms with Crippen LogP contribution in [0.4, 0.5) is 0 Å². The number of thioether (sulfide) groups is 1. The first-order valence-corrected chi connectivity index (χ1v) is 4.33. The number of hydrogen-bond acceptors (Lipinski definition) is 3. The van der Waals surface area contributed by atoms with Gasteiger partial charge < -0.3 is 4.74 Å². The van der Waals surface area contributed by atoms with Crippen molar-refractivity contribution in [3.63, 3.8) is 0 Å². The topological polar surface area (TPSA) is 26.3 Å². The van der Waals surface area contributed by atoms with E-state index in [-0.39, 0.29) is 5.97 Å². The predicted octanol–water partition coefficient (Wildman–Crippen LogP) is 1.82. The maximum atomic E-state index is 10.4. The Hall–Kier alpha value is -0.440. The van der Waals surface area contributed by atoms with Crippen molar-refractivity contribution in [2.75, 3.05) is 11.7 Å². The molecule has 0 fully saturated rings. The zero-order valence-electron chi connectivity index (χ0n) is 6.13. The highest BCUT2D eigenvalue weighted by Gasteiger charge is 1.92. The summed E-state index contributed by atoms with van der Waals surface area (Å²) in [5, 5.41) is 0. The summed E-state index contributed by atoms with van der Waals surface area (Å²) in [4.78, 5) is 10.4. The minimum Gasteiger partial charge on any atom is -0.451 e. The first kappa shape index (κ1) is 9.56. The Kier molecular flexibility index (Phi) is 6.38. The summed E-state index contributed by atoms with van der Waals surface area (Å²) in [5.74, 6) is 1.13. The predicted molar refractivity (Wildman–Crippen MR) is 43.9 cm³/mol. The third-order valence-electron chi connectivity index (χ3n) is 0.800. The van der Waals surface area contributed by atoms with Gasteiger partial charge in [-0.2, -0.15) is 0 Å². The fourth-order valence-corrected chi connectivity index (χ4v) is 0.968. The molecule has 10 heavy (non-hydrogen) atoms. The van der Waals surface area contributed by atoms with Crippen LogP contribution in [0.2, 0.25) is 0 Å². The van der Waals surface area contributed by atoms with E-state index in [1.807, 2.05) is 0 Å². The second-order valence-electron chi connectivity index (χ2n) is 1.69. The lowest BCUT2D eigenvalue weighted by molar-refractivity contribution is -0.135. The molecule has 3 heteroatoms. The monoisotopic (exact) mass is 160 g/mol. The van der Waals surface area contributed by atoms with E-state index < -0.39 is 0 Å². The Morgan fingerprint density at radius 2 is 2.50 bits per heavy atom. The lowest BCUT2D eigenvalue weighted by Gasteiger charge is -1.98. The van der Waals surface area contributed by atoms with Gasteiger partial charge in [0.25, 0.3) is 0 Å². The maximum absolute atomic E-state index is 10.4. The lowest BCUT2D eigenvalue weighted by atomic mass is 10.6. The summed E-state index contributed by atoms with van der Waals surface area (Å²) < 4.78 is 4.70.